The molecule has 20 heavy (non-hydrogen) atoms. The Morgan fingerprint density at radius 2 is 2.15 bits per heavy atom. The summed E-state index contributed by atoms with van der Waals surface area (Å²) in [5.74, 6) is 0. The van der Waals surface area contributed by atoms with Crippen LogP contribution >= 0.6 is 23.1 Å². The lowest BCUT2D eigenvalue weighted by Crippen LogP contribution is -2.24. The minimum absolute atomic E-state index is 0.114. The molecule has 110 valence electrons. The van der Waals surface area contributed by atoms with Gasteiger partial charge in [-0.1, -0.05) is 27.7 Å². The van der Waals surface area contributed by atoms with Crippen LogP contribution in [0.4, 0.5) is 0 Å². The maximum Gasteiger partial charge on any atom is 0.0948 e. The fourth-order valence-electron chi connectivity index (χ4n) is 1.85. The highest BCUT2D eigenvalue weighted by molar-refractivity contribution is 7.09. The second kappa shape index (κ2) is 6.74. The van der Waals surface area contributed by atoms with Crippen LogP contribution in [0.25, 0.3) is 0 Å². The smallest absolute Gasteiger partial charge is 0.0948 e. The fourth-order valence-corrected chi connectivity index (χ4v) is 3.39. The Kier molecular flexibility index (Phi) is 5.23. The molecule has 0 fully saturated rings. The summed E-state index contributed by atoms with van der Waals surface area (Å²) in [7, 11) is 0. The Morgan fingerprint density at radius 1 is 1.35 bits per heavy atom. The van der Waals surface area contributed by atoms with Gasteiger partial charge in [0, 0.05) is 17.2 Å². The molecule has 1 atom stereocenters. The lowest BCUT2D eigenvalue weighted by molar-refractivity contribution is 0.516. The predicted octanol–water partition coefficient (Wildman–Crippen LogP) is 3.58. The van der Waals surface area contributed by atoms with E-state index < -0.39 is 0 Å². The Bertz CT molecular complexity index is 514. The highest BCUT2D eigenvalue weighted by Gasteiger charge is 2.20. The molecular formula is C14H22N4S2. The molecule has 0 spiro atoms. The second-order valence-electron chi connectivity index (χ2n) is 5.92. The second-order valence-corrected chi connectivity index (χ2v) is 7.42. The molecule has 0 radical (unpaired) electrons. The van der Waals surface area contributed by atoms with Gasteiger partial charge in [-0.3, -0.25) is 0 Å². The highest BCUT2D eigenvalue weighted by Crippen LogP contribution is 2.26. The average Bonchev–Trinajstić information content (AvgIpc) is 3.04. The summed E-state index contributed by atoms with van der Waals surface area (Å²) in [6, 6.07) is 0.215. The van der Waals surface area contributed by atoms with Crippen LogP contribution in [0.15, 0.2) is 11.6 Å². The first-order valence-electron chi connectivity index (χ1n) is 6.96. The van der Waals surface area contributed by atoms with Gasteiger partial charge in [-0.05, 0) is 13.0 Å². The zero-order valence-electron chi connectivity index (χ0n) is 12.5. The first kappa shape index (κ1) is 15.5. The van der Waals surface area contributed by atoms with Crippen molar-refractivity contribution in [2.24, 2.45) is 0 Å². The normalized spacial score (nSPS) is 13.6. The minimum Gasteiger partial charge on any atom is -0.308 e. The van der Waals surface area contributed by atoms with Gasteiger partial charge in [-0.2, -0.15) is 8.75 Å². The standard InChI is InChI=1S/C14H22N4S2/c1-5-6-15-10(11-8-16-20-18-11)7-13-17-12(9-19-13)14(2,3)4/h8-10,15H,5-7H2,1-4H3. The van der Waals surface area contributed by atoms with Crippen molar-refractivity contribution in [3.63, 3.8) is 0 Å². The van der Waals surface area contributed by atoms with Gasteiger partial charge in [-0.25, -0.2) is 4.98 Å². The number of nitrogens with zero attached hydrogens (tertiary/aromatic N) is 3. The van der Waals surface area contributed by atoms with E-state index in [-0.39, 0.29) is 11.5 Å². The Labute approximate surface area is 129 Å². The van der Waals surface area contributed by atoms with Crippen molar-refractivity contribution in [2.45, 2.75) is 52.0 Å². The summed E-state index contributed by atoms with van der Waals surface area (Å²) in [4.78, 5) is 4.77. The fraction of sp³-hybridized carbons (Fsp3) is 0.643. The van der Waals surface area contributed by atoms with Crippen LogP contribution in [0, 0.1) is 0 Å². The highest BCUT2D eigenvalue weighted by atomic mass is 32.1. The quantitative estimate of drug-likeness (QED) is 0.886. The number of aromatic nitrogens is 3. The first-order valence-corrected chi connectivity index (χ1v) is 8.57. The third-order valence-corrected chi connectivity index (χ3v) is 4.44. The Morgan fingerprint density at radius 3 is 2.70 bits per heavy atom. The molecular weight excluding hydrogens is 288 g/mol. The molecule has 0 saturated carbocycles. The lowest BCUT2D eigenvalue weighted by atomic mass is 9.93. The van der Waals surface area contributed by atoms with Crippen LogP contribution in [-0.2, 0) is 11.8 Å². The van der Waals surface area contributed by atoms with Gasteiger partial charge in [0.1, 0.15) is 0 Å². The van der Waals surface area contributed by atoms with E-state index in [1.165, 1.54) is 17.4 Å². The molecule has 2 heterocycles. The lowest BCUT2D eigenvalue weighted by Gasteiger charge is -2.16. The van der Waals surface area contributed by atoms with Gasteiger partial charge in [0.2, 0.25) is 0 Å². The van der Waals surface area contributed by atoms with E-state index in [2.05, 4.69) is 47.1 Å². The van der Waals surface area contributed by atoms with Crippen LogP contribution in [0.2, 0.25) is 0 Å². The minimum atomic E-state index is 0.114. The van der Waals surface area contributed by atoms with Crippen molar-refractivity contribution in [3.8, 4) is 0 Å². The zero-order chi connectivity index (χ0) is 14.6. The van der Waals surface area contributed by atoms with Crippen molar-refractivity contribution in [3.05, 3.63) is 28.0 Å². The van der Waals surface area contributed by atoms with Crippen LogP contribution in [0.5, 0.6) is 0 Å². The Balaban J connectivity index is 2.09. The average molecular weight is 310 g/mol. The molecule has 2 aromatic rings. The summed E-state index contributed by atoms with van der Waals surface area (Å²) in [6.07, 6.45) is 3.85. The topological polar surface area (TPSA) is 50.7 Å². The maximum atomic E-state index is 4.77. The SMILES string of the molecule is CCCNC(Cc1nc(C(C)(C)C)cs1)c1cnsn1. The first-order chi connectivity index (χ1) is 9.50. The summed E-state index contributed by atoms with van der Waals surface area (Å²) in [6.45, 7) is 9.75. The number of rotatable bonds is 6. The van der Waals surface area contributed by atoms with Gasteiger partial charge >= 0.3 is 0 Å². The van der Waals surface area contributed by atoms with Crippen molar-refractivity contribution >= 4 is 23.1 Å². The van der Waals surface area contributed by atoms with Crippen molar-refractivity contribution in [1.29, 1.82) is 0 Å². The van der Waals surface area contributed by atoms with Gasteiger partial charge in [-0.15, -0.1) is 11.3 Å². The number of thiazole rings is 1. The molecule has 0 amide bonds. The molecule has 2 aromatic heterocycles. The molecule has 0 bridgehead atoms. The third kappa shape index (κ3) is 4.07. The monoisotopic (exact) mass is 310 g/mol. The molecule has 0 saturated heterocycles. The van der Waals surface area contributed by atoms with Gasteiger partial charge in [0.25, 0.3) is 0 Å². The van der Waals surface area contributed by atoms with Crippen molar-refractivity contribution in [1.82, 2.24) is 19.0 Å². The zero-order valence-corrected chi connectivity index (χ0v) is 14.1. The molecule has 4 nitrogen and oxygen atoms in total. The molecule has 1 N–H and O–H groups in total. The van der Waals surface area contributed by atoms with Gasteiger partial charge < -0.3 is 5.32 Å². The van der Waals surface area contributed by atoms with Crippen molar-refractivity contribution < 1.29 is 0 Å². The van der Waals surface area contributed by atoms with Gasteiger partial charge in [0.05, 0.1) is 40.4 Å². The summed E-state index contributed by atoms with van der Waals surface area (Å²) in [5, 5.41) is 6.87. The predicted molar refractivity (Wildman–Crippen MR) is 85.5 cm³/mol. The van der Waals surface area contributed by atoms with E-state index in [1.807, 2.05) is 6.20 Å². The van der Waals surface area contributed by atoms with Crippen molar-refractivity contribution in [2.75, 3.05) is 6.54 Å². The number of hydrogen-bond acceptors (Lipinski definition) is 6. The molecule has 0 aromatic carbocycles. The van der Waals surface area contributed by atoms with E-state index in [0.29, 0.717) is 0 Å². The largest absolute Gasteiger partial charge is 0.308 e. The van der Waals surface area contributed by atoms with Gasteiger partial charge in [0.15, 0.2) is 0 Å². The maximum absolute atomic E-state index is 4.77. The molecule has 1 unspecified atom stereocenters. The Hall–Kier alpha value is -0.850. The van der Waals surface area contributed by atoms with Crippen LogP contribution < -0.4 is 5.32 Å². The van der Waals surface area contributed by atoms with E-state index in [4.69, 9.17) is 4.98 Å². The molecule has 0 aliphatic rings. The van der Waals surface area contributed by atoms with E-state index in [1.54, 1.807) is 11.3 Å². The molecule has 0 aliphatic carbocycles. The summed E-state index contributed by atoms with van der Waals surface area (Å²) < 4.78 is 8.48. The molecule has 0 aliphatic heterocycles. The summed E-state index contributed by atoms with van der Waals surface area (Å²) in [5.41, 5.74) is 2.31. The van der Waals surface area contributed by atoms with E-state index in [0.717, 1.165) is 30.1 Å². The molecule has 2 rings (SSSR count). The summed E-state index contributed by atoms with van der Waals surface area (Å²) >= 11 is 3.00. The van der Waals surface area contributed by atoms with Crippen LogP contribution in [-0.4, -0.2) is 20.3 Å². The van der Waals surface area contributed by atoms with E-state index in [9.17, 15) is 0 Å². The van der Waals surface area contributed by atoms with Crippen LogP contribution in [0.1, 0.15) is 56.6 Å². The number of hydrogen-bond donors (Lipinski definition) is 1. The van der Waals surface area contributed by atoms with E-state index >= 15 is 0 Å². The number of nitrogens with one attached hydrogen (secondary N) is 1. The molecule has 6 heteroatoms. The van der Waals surface area contributed by atoms with Crippen LogP contribution in [0.3, 0.4) is 0 Å². The third-order valence-electron chi connectivity index (χ3n) is 3.08.